The monoisotopic (exact) mass is 237 g/mol. The lowest BCUT2D eigenvalue weighted by Crippen LogP contribution is -2.33. The lowest BCUT2D eigenvalue weighted by Gasteiger charge is -2.21. The van der Waals surface area contributed by atoms with Gasteiger partial charge in [-0.3, -0.25) is 0 Å². The molecular weight excluding hydrogens is 227 g/mol. The quantitative estimate of drug-likeness (QED) is 0.873. The number of hydrogen-bond donors (Lipinski definition) is 1. The molecular formula is C9H10F3NO3. The van der Waals surface area contributed by atoms with Crippen LogP contribution in [0.1, 0.15) is 17.5 Å². The first-order valence-corrected chi connectivity index (χ1v) is 4.48. The van der Waals surface area contributed by atoms with E-state index in [0.29, 0.717) is 0 Å². The van der Waals surface area contributed by atoms with Crippen molar-refractivity contribution in [1.82, 2.24) is 0 Å². The smallest absolute Gasteiger partial charge is 0.406 e. The molecule has 1 N–H and O–H groups in total. The van der Waals surface area contributed by atoms with Crippen LogP contribution >= 0.6 is 0 Å². The number of halogens is 3. The van der Waals surface area contributed by atoms with Gasteiger partial charge in [-0.05, 0) is 13.0 Å². The molecule has 0 fully saturated rings. The van der Waals surface area contributed by atoms with E-state index in [1.54, 1.807) is 0 Å². The number of alkyl halides is 3. The average molecular weight is 237 g/mol. The van der Waals surface area contributed by atoms with Gasteiger partial charge in [-0.2, -0.15) is 13.2 Å². The summed E-state index contributed by atoms with van der Waals surface area (Å²) in [7, 11) is 0. The van der Waals surface area contributed by atoms with Crippen molar-refractivity contribution in [2.75, 3.05) is 18.0 Å². The predicted molar refractivity (Wildman–Crippen MR) is 49.6 cm³/mol. The zero-order valence-corrected chi connectivity index (χ0v) is 8.41. The van der Waals surface area contributed by atoms with Crippen LogP contribution in [-0.4, -0.2) is 30.3 Å². The molecule has 90 valence electrons. The predicted octanol–water partition coefficient (Wildman–Crippen LogP) is 2.37. The molecule has 0 saturated carbocycles. The van der Waals surface area contributed by atoms with Crippen molar-refractivity contribution in [2.45, 2.75) is 13.1 Å². The molecule has 0 aliphatic rings. The molecule has 0 aliphatic carbocycles. The van der Waals surface area contributed by atoms with Crippen LogP contribution < -0.4 is 4.90 Å². The van der Waals surface area contributed by atoms with E-state index in [9.17, 15) is 18.0 Å². The Labute approximate surface area is 89.3 Å². The van der Waals surface area contributed by atoms with E-state index in [2.05, 4.69) is 0 Å². The van der Waals surface area contributed by atoms with Gasteiger partial charge in [-0.1, -0.05) is 0 Å². The van der Waals surface area contributed by atoms with Gasteiger partial charge < -0.3 is 14.4 Å². The number of nitrogens with zero attached hydrogens (tertiary/aromatic N) is 1. The Kier molecular flexibility index (Phi) is 3.46. The van der Waals surface area contributed by atoms with Crippen LogP contribution in [0.4, 0.5) is 19.1 Å². The maximum Gasteiger partial charge on any atom is 0.406 e. The summed E-state index contributed by atoms with van der Waals surface area (Å²) in [6.45, 7) is 0.427. The summed E-state index contributed by atoms with van der Waals surface area (Å²) in [6, 6.07) is 2.33. The number of aromatic carboxylic acids is 1. The molecule has 0 aliphatic heterocycles. The second-order valence-corrected chi connectivity index (χ2v) is 3.07. The van der Waals surface area contributed by atoms with E-state index in [-0.39, 0.29) is 18.2 Å². The third-order valence-electron chi connectivity index (χ3n) is 1.87. The summed E-state index contributed by atoms with van der Waals surface area (Å²) in [5.74, 6) is -1.79. The normalized spacial score (nSPS) is 11.5. The first-order chi connectivity index (χ1) is 7.33. The number of anilines is 1. The third-order valence-corrected chi connectivity index (χ3v) is 1.87. The Balaban J connectivity index is 2.83. The zero-order chi connectivity index (χ0) is 12.3. The van der Waals surface area contributed by atoms with Gasteiger partial charge in [0.1, 0.15) is 6.54 Å². The van der Waals surface area contributed by atoms with Gasteiger partial charge in [-0.15, -0.1) is 0 Å². The Morgan fingerprint density at radius 3 is 2.50 bits per heavy atom. The molecule has 0 aromatic carbocycles. The van der Waals surface area contributed by atoms with Crippen LogP contribution in [0, 0.1) is 0 Å². The molecule has 1 heterocycles. The first kappa shape index (κ1) is 12.4. The van der Waals surface area contributed by atoms with Crippen LogP contribution in [-0.2, 0) is 0 Å². The van der Waals surface area contributed by atoms with Gasteiger partial charge in [0.15, 0.2) is 5.88 Å². The van der Waals surface area contributed by atoms with Gasteiger partial charge in [0.05, 0.1) is 0 Å². The molecule has 0 radical (unpaired) electrons. The Morgan fingerprint density at radius 2 is 2.12 bits per heavy atom. The Hall–Kier alpha value is -1.66. The highest BCUT2D eigenvalue weighted by Gasteiger charge is 2.31. The largest absolute Gasteiger partial charge is 0.475 e. The van der Waals surface area contributed by atoms with E-state index in [1.807, 2.05) is 0 Å². The molecule has 0 unspecified atom stereocenters. The van der Waals surface area contributed by atoms with Crippen LogP contribution in [0.5, 0.6) is 0 Å². The van der Waals surface area contributed by atoms with Crippen molar-refractivity contribution < 1.29 is 27.5 Å². The lowest BCUT2D eigenvalue weighted by atomic mass is 10.4. The molecule has 0 amide bonds. The summed E-state index contributed by atoms with van der Waals surface area (Å²) >= 11 is 0. The molecule has 1 aromatic heterocycles. The molecule has 0 atom stereocenters. The maximum absolute atomic E-state index is 12.1. The van der Waals surface area contributed by atoms with Crippen LogP contribution in [0.2, 0.25) is 0 Å². The van der Waals surface area contributed by atoms with Crippen molar-refractivity contribution in [3.05, 3.63) is 17.9 Å². The van der Waals surface area contributed by atoms with Crippen LogP contribution in [0.3, 0.4) is 0 Å². The molecule has 16 heavy (non-hydrogen) atoms. The van der Waals surface area contributed by atoms with Crippen molar-refractivity contribution >= 4 is 11.9 Å². The van der Waals surface area contributed by atoms with Crippen molar-refractivity contribution in [3.8, 4) is 0 Å². The number of furan rings is 1. The van der Waals surface area contributed by atoms with E-state index in [1.165, 1.54) is 13.0 Å². The molecule has 0 saturated heterocycles. The van der Waals surface area contributed by atoms with Crippen molar-refractivity contribution in [3.63, 3.8) is 0 Å². The van der Waals surface area contributed by atoms with Crippen LogP contribution in [0.15, 0.2) is 16.5 Å². The number of carboxylic acids is 1. The standard InChI is InChI=1S/C9H10F3NO3/c1-2-13(5-9(10,11)12)7-4-3-6(16-7)8(14)15/h3-4H,2,5H2,1H3,(H,14,15). The summed E-state index contributed by atoms with van der Waals surface area (Å²) in [6.07, 6.45) is -4.35. The summed E-state index contributed by atoms with van der Waals surface area (Å²) in [4.78, 5) is 11.4. The molecule has 0 bridgehead atoms. The lowest BCUT2D eigenvalue weighted by molar-refractivity contribution is -0.120. The fraction of sp³-hybridized carbons (Fsp3) is 0.444. The Bertz CT molecular complexity index is 372. The highest BCUT2D eigenvalue weighted by atomic mass is 19.4. The van der Waals surface area contributed by atoms with Gasteiger partial charge >= 0.3 is 12.1 Å². The van der Waals surface area contributed by atoms with Crippen molar-refractivity contribution in [1.29, 1.82) is 0 Å². The Morgan fingerprint density at radius 1 is 1.50 bits per heavy atom. The maximum atomic E-state index is 12.1. The molecule has 1 aromatic rings. The second kappa shape index (κ2) is 4.46. The molecule has 7 heteroatoms. The summed E-state index contributed by atoms with van der Waals surface area (Å²) < 4.78 is 41.2. The number of carbonyl (C=O) groups is 1. The average Bonchev–Trinajstić information content (AvgIpc) is 2.61. The van der Waals surface area contributed by atoms with Crippen molar-refractivity contribution in [2.24, 2.45) is 0 Å². The fourth-order valence-electron chi connectivity index (χ4n) is 1.17. The first-order valence-electron chi connectivity index (χ1n) is 4.48. The summed E-state index contributed by atoms with van der Waals surface area (Å²) in [5.41, 5.74) is 0. The van der Waals surface area contributed by atoms with Gasteiger partial charge in [-0.25, -0.2) is 4.79 Å². The highest BCUT2D eigenvalue weighted by molar-refractivity contribution is 5.84. The van der Waals surface area contributed by atoms with E-state index < -0.39 is 18.7 Å². The fourth-order valence-corrected chi connectivity index (χ4v) is 1.17. The third kappa shape index (κ3) is 3.18. The van der Waals surface area contributed by atoms with E-state index >= 15 is 0 Å². The highest BCUT2D eigenvalue weighted by Crippen LogP contribution is 2.23. The van der Waals surface area contributed by atoms with Gasteiger partial charge in [0, 0.05) is 12.6 Å². The molecule has 0 spiro atoms. The van der Waals surface area contributed by atoms with Crippen LogP contribution in [0.25, 0.3) is 0 Å². The van der Waals surface area contributed by atoms with Gasteiger partial charge in [0.25, 0.3) is 0 Å². The van der Waals surface area contributed by atoms with E-state index in [4.69, 9.17) is 9.52 Å². The molecule has 1 rings (SSSR count). The number of carboxylic acid groups (broad SMARTS) is 1. The molecule has 4 nitrogen and oxygen atoms in total. The minimum absolute atomic E-state index is 0.0755. The number of hydrogen-bond acceptors (Lipinski definition) is 3. The number of rotatable bonds is 4. The summed E-state index contributed by atoms with van der Waals surface area (Å²) in [5, 5.41) is 8.55. The minimum Gasteiger partial charge on any atom is -0.475 e. The SMILES string of the molecule is CCN(CC(F)(F)F)c1ccc(C(=O)O)o1. The topological polar surface area (TPSA) is 53.7 Å². The zero-order valence-electron chi connectivity index (χ0n) is 8.41. The minimum atomic E-state index is -4.35. The second-order valence-electron chi connectivity index (χ2n) is 3.07. The van der Waals surface area contributed by atoms with Gasteiger partial charge in [0.2, 0.25) is 5.76 Å². The van der Waals surface area contributed by atoms with E-state index in [0.717, 1.165) is 11.0 Å².